The van der Waals surface area contributed by atoms with Crippen LogP contribution in [-0.2, 0) is 6.42 Å². The molecule has 2 aromatic carbocycles. The van der Waals surface area contributed by atoms with Gasteiger partial charge in [0.05, 0.1) is 13.2 Å². The van der Waals surface area contributed by atoms with Crippen molar-refractivity contribution in [2.24, 2.45) is 10.7 Å². The van der Waals surface area contributed by atoms with Gasteiger partial charge in [0.2, 0.25) is 0 Å². The summed E-state index contributed by atoms with van der Waals surface area (Å²) in [4.78, 5) is 4.31. The molecule has 2 aromatic rings. The normalized spacial score (nSPS) is 13.5. The summed E-state index contributed by atoms with van der Waals surface area (Å²) in [5.41, 5.74) is 7.69. The Bertz CT molecular complexity index is 755. The van der Waals surface area contributed by atoms with Gasteiger partial charge in [-0.3, -0.25) is 4.99 Å². The summed E-state index contributed by atoms with van der Waals surface area (Å²) in [5.74, 6) is 1.58. The predicted molar refractivity (Wildman–Crippen MR) is 112 cm³/mol. The first-order valence-electron chi connectivity index (χ1n) is 8.42. The molecule has 1 aliphatic rings. The van der Waals surface area contributed by atoms with E-state index in [1.165, 1.54) is 6.07 Å². The van der Waals surface area contributed by atoms with E-state index in [9.17, 15) is 4.39 Å². The Kier molecular flexibility index (Phi) is 7.96. The number of nitrogens with one attached hydrogen (secondary N) is 1. The van der Waals surface area contributed by atoms with E-state index in [1.807, 2.05) is 24.3 Å². The second-order valence-electron chi connectivity index (χ2n) is 5.84. The summed E-state index contributed by atoms with van der Waals surface area (Å²) in [6.45, 7) is 1.87. The first-order chi connectivity index (χ1) is 12.2. The van der Waals surface area contributed by atoms with Gasteiger partial charge in [-0.15, -0.1) is 24.0 Å². The van der Waals surface area contributed by atoms with Gasteiger partial charge in [-0.1, -0.05) is 12.1 Å². The van der Waals surface area contributed by atoms with Gasteiger partial charge in [0, 0.05) is 24.7 Å². The van der Waals surface area contributed by atoms with Crippen LogP contribution in [-0.4, -0.2) is 25.7 Å². The van der Waals surface area contributed by atoms with Gasteiger partial charge in [0.1, 0.15) is 5.82 Å². The first-order valence-corrected chi connectivity index (χ1v) is 8.42. The van der Waals surface area contributed by atoms with E-state index in [1.54, 1.807) is 12.1 Å². The van der Waals surface area contributed by atoms with Crippen molar-refractivity contribution >= 4 is 35.6 Å². The van der Waals surface area contributed by atoms with E-state index >= 15 is 0 Å². The number of nitrogens with two attached hydrogens (primary N) is 1. The Morgan fingerprint density at radius 1 is 1.12 bits per heavy atom. The van der Waals surface area contributed by atoms with E-state index in [0.717, 1.165) is 36.3 Å². The molecule has 1 aliphatic heterocycles. The fraction of sp³-hybridized carbons (Fsp3) is 0.316. The molecule has 140 valence electrons. The SMILES string of the molecule is I.NC(=NCCCc1cccc(F)c1)Nc1ccc2c(c1)OCCCO2. The van der Waals surface area contributed by atoms with E-state index in [0.29, 0.717) is 31.5 Å². The minimum Gasteiger partial charge on any atom is -0.490 e. The number of guanidine groups is 1. The third kappa shape index (κ3) is 6.05. The zero-order valence-electron chi connectivity index (χ0n) is 14.4. The highest BCUT2D eigenvalue weighted by molar-refractivity contribution is 14.0. The van der Waals surface area contributed by atoms with Crippen molar-refractivity contribution in [3.05, 3.63) is 53.8 Å². The molecule has 0 bridgehead atoms. The minimum atomic E-state index is -0.211. The van der Waals surface area contributed by atoms with Crippen molar-refractivity contribution in [3.63, 3.8) is 0 Å². The fourth-order valence-corrected chi connectivity index (χ4v) is 2.60. The summed E-state index contributed by atoms with van der Waals surface area (Å²) >= 11 is 0. The number of halogens is 2. The summed E-state index contributed by atoms with van der Waals surface area (Å²) in [6, 6.07) is 12.2. The van der Waals surface area contributed by atoms with Crippen LogP contribution in [0.25, 0.3) is 0 Å². The average molecular weight is 471 g/mol. The lowest BCUT2D eigenvalue weighted by Crippen LogP contribution is -2.22. The molecule has 0 saturated heterocycles. The number of ether oxygens (including phenoxy) is 2. The molecule has 7 heteroatoms. The maximum Gasteiger partial charge on any atom is 0.193 e. The van der Waals surface area contributed by atoms with Crippen LogP contribution in [0.5, 0.6) is 11.5 Å². The van der Waals surface area contributed by atoms with Gasteiger partial charge in [-0.05, 0) is 42.7 Å². The Morgan fingerprint density at radius 2 is 1.92 bits per heavy atom. The molecule has 3 rings (SSSR count). The van der Waals surface area contributed by atoms with Crippen molar-refractivity contribution in [1.29, 1.82) is 0 Å². The smallest absolute Gasteiger partial charge is 0.193 e. The molecule has 1 heterocycles. The van der Waals surface area contributed by atoms with Crippen LogP contribution < -0.4 is 20.5 Å². The number of rotatable bonds is 5. The van der Waals surface area contributed by atoms with Crippen molar-refractivity contribution in [2.45, 2.75) is 19.3 Å². The van der Waals surface area contributed by atoms with Gasteiger partial charge < -0.3 is 20.5 Å². The molecular weight excluding hydrogens is 448 g/mol. The number of aryl methyl sites for hydroxylation is 1. The van der Waals surface area contributed by atoms with Crippen molar-refractivity contribution in [2.75, 3.05) is 25.1 Å². The lowest BCUT2D eigenvalue weighted by molar-refractivity contribution is 0.297. The molecule has 0 radical (unpaired) electrons. The maximum atomic E-state index is 13.1. The zero-order valence-corrected chi connectivity index (χ0v) is 16.7. The summed E-state index contributed by atoms with van der Waals surface area (Å²) in [5, 5.41) is 3.05. The quantitative estimate of drug-likeness (QED) is 0.300. The molecular formula is C19H23FIN3O2. The Balaban J connectivity index is 0.00000243. The van der Waals surface area contributed by atoms with Gasteiger partial charge in [-0.2, -0.15) is 0 Å². The molecule has 0 fully saturated rings. The number of anilines is 1. The zero-order chi connectivity index (χ0) is 17.5. The Hall–Kier alpha value is -2.03. The van der Waals surface area contributed by atoms with Crippen LogP contribution in [0, 0.1) is 5.82 Å². The molecule has 0 unspecified atom stereocenters. The largest absolute Gasteiger partial charge is 0.490 e. The Morgan fingerprint density at radius 3 is 2.73 bits per heavy atom. The standard InChI is InChI=1S/C19H22FN3O2.HI/c20-15-6-1-4-14(12-15)5-2-9-22-19(21)23-16-7-8-17-18(13-16)25-11-3-10-24-17;/h1,4,6-8,12-13H,2-3,5,9-11H2,(H3,21,22,23);1H. The highest BCUT2D eigenvalue weighted by Gasteiger charge is 2.10. The summed E-state index contributed by atoms with van der Waals surface area (Å²) in [7, 11) is 0. The van der Waals surface area contributed by atoms with Crippen molar-refractivity contribution in [1.82, 2.24) is 0 Å². The monoisotopic (exact) mass is 471 g/mol. The molecule has 0 aromatic heterocycles. The van der Waals surface area contributed by atoms with E-state index in [-0.39, 0.29) is 29.8 Å². The number of benzene rings is 2. The summed E-state index contributed by atoms with van der Waals surface area (Å²) in [6.07, 6.45) is 2.43. The van der Waals surface area contributed by atoms with E-state index < -0.39 is 0 Å². The van der Waals surface area contributed by atoms with Gasteiger partial charge in [-0.25, -0.2) is 4.39 Å². The number of fused-ring (bicyclic) bond motifs is 1. The third-order valence-corrected chi connectivity index (χ3v) is 3.81. The Labute approximate surface area is 169 Å². The van der Waals surface area contributed by atoms with Gasteiger partial charge in [0.25, 0.3) is 0 Å². The molecule has 26 heavy (non-hydrogen) atoms. The minimum absolute atomic E-state index is 0. The molecule has 0 atom stereocenters. The van der Waals surface area contributed by atoms with Gasteiger partial charge >= 0.3 is 0 Å². The first kappa shape index (κ1) is 20.3. The third-order valence-electron chi connectivity index (χ3n) is 3.81. The lowest BCUT2D eigenvalue weighted by atomic mass is 10.1. The van der Waals surface area contributed by atoms with Crippen LogP contribution in [0.2, 0.25) is 0 Å². The van der Waals surface area contributed by atoms with Gasteiger partial charge in [0.15, 0.2) is 17.5 Å². The lowest BCUT2D eigenvalue weighted by Gasteiger charge is -2.10. The molecule has 3 N–H and O–H groups in total. The highest BCUT2D eigenvalue weighted by atomic mass is 127. The van der Waals surface area contributed by atoms with Crippen LogP contribution in [0.1, 0.15) is 18.4 Å². The number of nitrogens with zero attached hydrogens (tertiary/aromatic N) is 1. The van der Waals surface area contributed by atoms with Crippen molar-refractivity contribution < 1.29 is 13.9 Å². The van der Waals surface area contributed by atoms with Crippen molar-refractivity contribution in [3.8, 4) is 11.5 Å². The van der Waals surface area contributed by atoms with E-state index in [2.05, 4.69) is 10.3 Å². The summed E-state index contributed by atoms with van der Waals surface area (Å²) < 4.78 is 24.4. The molecule has 0 aliphatic carbocycles. The maximum absolute atomic E-state index is 13.1. The van der Waals surface area contributed by atoms with Crippen LogP contribution in [0.4, 0.5) is 10.1 Å². The second kappa shape index (κ2) is 10.2. The molecule has 5 nitrogen and oxygen atoms in total. The molecule has 0 spiro atoms. The molecule has 0 amide bonds. The van der Waals surface area contributed by atoms with Crippen LogP contribution in [0.15, 0.2) is 47.5 Å². The number of hydrogen-bond donors (Lipinski definition) is 2. The van der Waals surface area contributed by atoms with Crippen LogP contribution >= 0.6 is 24.0 Å². The predicted octanol–water partition coefficient (Wildman–Crippen LogP) is 3.96. The molecule has 0 saturated carbocycles. The number of hydrogen-bond acceptors (Lipinski definition) is 3. The highest BCUT2D eigenvalue weighted by Crippen LogP contribution is 2.32. The van der Waals surface area contributed by atoms with E-state index in [4.69, 9.17) is 15.2 Å². The second-order valence-corrected chi connectivity index (χ2v) is 5.84. The topological polar surface area (TPSA) is 68.9 Å². The van der Waals surface area contributed by atoms with Crippen LogP contribution in [0.3, 0.4) is 0 Å². The number of aliphatic imine (C=N–C) groups is 1. The average Bonchev–Trinajstić information content (AvgIpc) is 2.84. The fourth-order valence-electron chi connectivity index (χ4n) is 2.60.